The van der Waals surface area contributed by atoms with Gasteiger partial charge in [0, 0.05) is 30.5 Å². The molecule has 2 bridgehead atoms. The lowest BCUT2D eigenvalue weighted by Crippen LogP contribution is -2.58. The molecule has 2 unspecified atom stereocenters. The third-order valence-corrected chi connectivity index (χ3v) is 7.42. The maximum Gasteiger partial charge on any atom is 0.407 e. The number of amides is 1. The molecule has 2 N–H and O–H groups in total. The van der Waals surface area contributed by atoms with Crippen molar-refractivity contribution in [3.8, 4) is 5.75 Å². The van der Waals surface area contributed by atoms with Gasteiger partial charge >= 0.3 is 6.09 Å². The fourth-order valence-electron chi connectivity index (χ4n) is 4.70. The van der Waals surface area contributed by atoms with E-state index < -0.39 is 22.7 Å². The Morgan fingerprint density at radius 1 is 1.27 bits per heavy atom. The first-order valence-electron chi connectivity index (χ1n) is 9.18. The van der Waals surface area contributed by atoms with Crippen LogP contribution in [0.15, 0.2) is 24.3 Å². The van der Waals surface area contributed by atoms with Gasteiger partial charge in [-0.1, -0.05) is 18.2 Å². The van der Waals surface area contributed by atoms with Gasteiger partial charge in [-0.15, -0.1) is 0 Å². The number of fused-ring (bicyclic) bond motifs is 3. The number of carboxylic acid groups (broad SMARTS) is 1. The summed E-state index contributed by atoms with van der Waals surface area (Å²) in [6.45, 7) is 5.84. The van der Waals surface area contributed by atoms with Gasteiger partial charge in [0.25, 0.3) is 0 Å². The summed E-state index contributed by atoms with van der Waals surface area (Å²) in [6.07, 6.45) is 2.15. The molecule has 7 heteroatoms. The minimum atomic E-state index is -1.24. The number of nitrogens with zero attached hydrogens (tertiary/aromatic N) is 1. The highest BCUT2D eigenvalue weighted by Gasteiger charge is 2.58. The second-order valence-electron chi connectivity index (χ2n) is 8.62. The van der Waals surface area contributed by atoms with E-state index in [4.69, 9.17) is 4.74 Å². The normalized spacial score (nSPS) is 33.8. The molecule has 0 saturated carbocycles. The number of ether oxygens (including phenoxy) is 1. The van der Waals surface area contributed by atoms with E-state index in [1.54, 1.807) is 4.90 Å². The van der Waals surface area contributed by atoms with Gasteiger partial charge in [-0.2, -0.15) is 0 Å². The van der Waals surface area contributed by atoms with E-state index in [2.05, 4.69) is 4.72 Å². The van der Waals surface area contributed by atoms with Crippen LogP contribution in [-0.4, -0.2) is 42.7 Å². The van der Waals surface area contributed by atoms with Gasteiger partial charge in [-0.25, -0.2) is 13.7 Å². The molecular weight excluding hydrogens is 352 g/mol. The highest BCUT2D eigenvalue weighted by molar-refractivity contribution is 7.84. The Balaban J connectivity index is 1.69. The molecule has 1 amide bonds. The van der Waals surface area contributed by atoms with Crippen molar-refractivity contribution in [3.05, 3.63) is 29.8 Å². The van der Waals surface area contributed by atoms with Crippen LogP contribution in [0.25, 0.3) is 0 Å². The first-order chi connectivity index (χ1) is 12.2. The summed E-state index contributed by atoms with van der Waals surface area (Å²) in [5.74, 6) is 0.819. The average Bonchev–Trinajstić information content (AvgIpc) is 3.00. The number of piperidine rings is 1. The molecule has 5 atom stereocenters. The molecule has 0 radical (unpaired) electrons. The Morgan fingerprint density at radius 3 is 2.46 bits per heavy atom. The Kier molecular flexibility index (Phi) is 4.08. The van der Waals surface area contributed by atoms with Crippen molar-refractivity contribution in [1.82, 2.24) is 9.62 Å². The Morgan fingerprint density at radius 2 is 1.88 bits per heavy atom. The molecule has 3 aliphatic rings. The second-order valence-corrected chi connectivity index (χ2v) is 10.6. The molecule has 3 heterocycles. The van der Waals surface area contributed by atoms with Gasteiger partial charge < -0.3 is 14.7 Å². The number of hydrogen-bond donors (Lipinski definition) is 2. The standard InChI is InChI=1S/C19H26N2O4S/c1-18(2,3)26(24)20-16-14-6-4-5-7-15(14)25-19(16)10-12-8-9-13(11-19)21(12)17(22)23/h4-7,12-13,16,20H,8-11H2,1-3H3,(H,22,23)/t12-,13+,16-,19?,26?/m1/s1. The molecule has 3 aliphatic heterocycles. The van der Waals surface area contributed by atoms with Crippen LogP contribution in [0.2, 0.25) is 0 Å². The lowest BCUT2D eigenvalue weighted by Gasteiger charge is -2.45. The van der Waals surface area contributed by atoms with Gasteiger partial charge in [0.05, 0.1) is 21.8 Å². The number of hydrogen-bond acceptors (Lipinski definition) is 3. The quantitative estimate of drug-likeness (QED) is 0.828. The molecule has 0 aromatic heterocycles. The third-order valence-electron chi connectivity index (χ3n) is 5.85. The fourth-order valence-corrected chi connectivity index (χ4v) is 5.61. The summed E-state index contributed by atoms with van der Waals surface area (Å²) in [5, 5.41) is 9.56. The minimum absolute atomic E-state index is 0.0343. The summed E-state index contributed by atoms with van der Waals surface area (Å²) < 4.78 is 22.2. The van der Waals surface area contributed by atoms with E-state index >= 15 is 0 Å². The molecule has 6 nitrogen and oxygen atoms in total. The van der Waals surface area contributed by atoms with Crippen LogP contribution in [0.3, 0.4) is 0 Å². The van der Waals surface area contributed by atoms with Gasteiger partial charge in [0.15, 0.2) is 0 Å². The Labute approximate surface area is 156 Å². The summed E-state index contributed by atoms with van der Waals surface area (Å²) in [4.78, 5) is 13.3. The van der Waals surface area contributed by atoms with Crippen LogP contribution in [0.4, 0.5) is 4.79 Å². The number of nitrogens with one attached hydrogen (secondary N) is 1. The summed E-state index contributed by atoms with van der Waals surface area (Å²) in [5.41, 5.74) is 0.482. The monoisotopic (exact) mass is 378 g/mol. The van der Waals surface area contributed by atoms with Crippen LogP contribution in [-0.2, 0) is 11.0 Å². The predicted octanol–water partition coefficient (Wildman–Crippen LogP) is 3.22. The number of benzene rings is 1. The van der Waals surface area contributed by atoms with Crippen LogP contribution in [0.5, 0.6) is 5.75 Å². The molecule has 2 fully saturated rings. The Hall–Kier alpha value is -1.60. The maximum atomic E-state index is 12.8. The van der Waals surface area contributed by atoms with Crippen molar-refractivity contribution in [2.75, 3.05) is 0 Å². The van der Waals surface area contributed by atoms with E-state index in [1.165, 1.54) is 0 Å². The van der Waals surface area contributed by atoms with Crippen LogP contribution >= 0.6 is 0 Å². The van der Waals surface area contributed by atoms with E-state index in [0.717, 1.165) is 24.2 Å². The fraction of sp³-hybridized carbons (Fsp3) is 0.632. The lowest BCUT2D eigenvalue weighted by atomic mass is 9.79. The van der Waals surface area contributed by atoms with E-state index in [-0.39, 0.29) is 22.9 Å². The van der Waals surface area contributed by atoms with Crippen molar-refractivity contribution < 1.29 is 18.8 Å². The molecule has 0 aliphatic carbocycles. The maximum absolute atomic E-state index is 12.8. The average molecular weight is 378 g/mol. The van der Waals surface area contributed by atoms with Crippen molar-refractivity contribution >= 4 is 17.1 Å². The van der Waals surface area contributed by atoms with Crippen molar-refractivity contribution in [3.63, 3.8) is 0 Å². The smallest absolute Gasteiger partial charge is 0.407 e. The molecule has 1 aromatic carbocycles. The zero-order valence-electron chi connectivity index (χ0n) is 15.4. The predicted molar refractivity (Wildman–Crippen MR) is 99.5 cm³/mol. The zero-order chi connectivity index (χ0) is 18.7. The highest BCUT2D eigenvalue weighted by atomic mass is 32.2. The molecule has 4 rings (SSSR count). The molecule has 142 valence electrons. The topological polar surface area (TPSA) is 78.9 Å². The van der Waals surface area contributed by atoms with Crippen molar-refractivity contribution in [1.29, 1.82) is 0 Å². The van der Waals surface area contributed by atoms with Gasteiger partial charge in [0.2, 0.25) is 0 Å². The van der Waals surface area contributed by atoms with Crippen molar-refractivity contribution in [2.45, 2.75) is 74.9 Å². The first-order valence-corrected chi connectivity index (χ1v) is 10.3. The summed E-state index contributed by atoms with van der Waals surface area (Å²) in [7, 11) is -1.24. The minimum Gasteiger partial charge on any atom is -0.485 e. The second kappa shape index (κ2) is 5.96. The van der Waals surface area contributed by atoms with Gasteiger partial charge in [-0.05, 0) is 39.7 Å². The largest absolute Gasteiger partial charge is 0.485 e. The van der Waals surface area contributed by atoms with Crippen LogP contribution in [0, 0.1) is 0 Å². The van der Waals surface area contributed by atoms with Crippen molar-refractivity contribution in [2.24, 2.45) is 0 Å². The van der Waals surface area contributed by atoms with Crippen LogP contribution < -0.4 is 9.46 Å². The highest BCUT2D eigenvalue weighted by Crippen LogP contribution is 2.54. The lowest BCUT2D eigenvalue weighted by molar-refractivity contribution is -0.0289. The number of carbonyl (C=O) groups is 1. The molecule has 1 spiro atoms. The SMILES string of the molecule is CC(C)(C)S(=O)N[C@@H]1c2ccccc2OC12C[C@H]1CC[C@@H](C2)N1C(=O)O. The van der Waals surface area contributed by atoms with Gasteiger partial charge in [-0.3, -0.25) is 0 Å². The summed E-state index contributed by atoms with van der Waals surface area (Å²) in [6, 6.07) is 7.61. The van der Waals surface area contributed by atoms with E-state index in [0.29, 0.717) is 12.8 Å². The van der Waals surface area contributed by atoms with Gasteiger partial charge in [0.1, 0.15) is 11.4 Å². The van der Waals surface area contributed by atoms with E-state index in [9.17, 15) is 14.1 Å². The molecule has 2 saturated heterocycles. The number of para-hydroxylation sites is 1. The Bertz CT molecular complexity index is 746. The number of rotatable bonds is 2. The van der Waals surface area contributed by atoms with Crippen LogP contribution in [0.1, 0.15) is 58.1 Å². The summed E-state index contributed by atoms with van der Waals surface area (Å²) >= 11 is 0. The molecule has 1 aromatic rings. The molecule has 26 heavy (non-hydrogen) atoms. The van der Waals surface area contributed by atoms with E-state index in [1.807, 2.05) is 45.0 Å². The third kappa shape index (κ3) is 2.72. The molecular formula is C19H26N2O4S. The zero-order valence-corrected chi connectivity index (χ0v) is 16.2. The first kappa shape index (κ1) is 17.8.